The summed E-state index contributed by atoms with van der Waals surface area (Å²) in [5, 5.41) is 4.51. The highest BCUT2D eigenvalue weighted by atomic mass is 32.1. The number of aromatic nitrogens is 2. The molecule has 142 valence electrons. The van der Waals surface area contributed by atoms with Crippen molar-refractivity contribution in [1.29, 1.82) is 0 Å². The second-order valence-corrected chi connectivity index (χ2v) is 8.29. The Morgan fingerprint density at radius 2 is 1.93 bits per heavy atom. The minimum atomic E-state index is -0.635. The molecule has 0 atom stereocenters. The number of fused-ring (bicyclic) bond motifs is 1. The molecule has 3 aromatic rings. The van der Waals surface area contributed by atoms with Crippen molar-refractivity contribution < 1.29 is 9.18 Å². The number of benzene rings is 1. The van der Waals surface area contributed by atoms with Crippen LogP contribution in [-0.2, 0) is 11.3 Å². The van der Waals surface area contributed by atoms with Crippen LogP contribution < -0.4 is 16.6 Å². The lowest BCUT2D eigenvalue weighted by atomic mass is 10.1. The maximum Gasteiger partial charge on any atom is 0.336 e. The molecule has 2 heterocycles. The Bertz CT molecular complexity index is 1150. The van der Waals surface area contributed by atoms with Crippen LogP contribution in [0.25, 0.3) is 15.9 Å². The van der Waals surface area contributed by atoms with Crippen molar-refractivity contribution in [3.63, 3.8) is 0 Å². The Kier molecular flexibility index (Phi) is 4.77. The fraction of sp³-hybridized carbons (Fsp3) is 0.316. The van der Waals surface area contributed by atoms with Crippen LogP contribution in [0.5, 0.6) is 0 Å². The van der Waals surface area contributed by atoms with Gasteiger partial charge in [0.1, 0.15) is 17.1 Å². The van der Waals surface area contributed by atoms with E-state index >= 15 is 0 Å². The zero-order valence-electron chi connectivity index (χ0n) is 15.5. The number of nitrogens with zero attached hydrogens (tertiary/aromatic N) is 2. The molecule has 2 aromatic heterocycles. The lowest BCUT2D eigenvalue weighted by Gasteiger charge is -2.21. The SMILES string of the molecule is Cc1cc(F)ccc1-n1c(=O)c2sccc2n(CC(=O)NC(C)(C)C)c1=O. The summed E-state index contributed by atoms with van der Waals surface area (Å²) in [5.41, 5.74) is -0.398. The number of rotatable bonds is 3. The van der Waals surface area contributed by atoms with E-state index in [1.165, 1.54) is 34.1 Å². The summed E-state index contributed by atoms with van der Waals surface area (Å²) < 4.78 is 16.1. The summed E-state index contributed by atoms with van der Waals surface area (Å²) in [6, 6.07) is 5.50. The summed E-state index contributed by atoms with van der Waals surface area (Å²) in [5.74, 6) is -0.787. The smallest absolute Gasteiger partial charge is 0.336 e. The predicted octanol–water partition coefficient (Wildman–Crippen LogP) is 2.58. The Balaban J connectivity index is 2.23. The molecular weight excluding hydrogens is 369 g/mol. The van der Waals surface area contributed by atoms with Gasteiger partial charge in [-0.2, -0.15) is 0 Å². The molecule has 27 heavy (non-hydrogen) atoms. The van der Waals surface area contributed by atoms with E-state index in [9.17, 15) is 18.8 Å². The van der Waals surface area contributed by atoms with Gasteiger partial charge in [0.15, 0.2) is 0 Å². The van der Waals surface area contributed by atoms with Gasteiger partial charge in [-0.1, -0.05) is 0 Å². The highest BCUT2D eigenvalue weighted by Crippen LogP contribution is 2.18. The average Bonchev–Trinajstić information content (AvgIpc) is 3.01. The first-order chi connectivity index (χ1) is 12.6. The fourth-order valence-corrected chi connectivity index (χ4v) is 3.75. The molecule has 0 unspecified atom stereocenters. The largest absolute Gasteiger partial charge is 0.350 e. The van der Waals surface area contributed by atoms with E-state index in [0.717, 1.165) is 4.57 Å². The number of aryl methyl sites for hydroxylation is 1. The molecule has 3 rings (SSSR count). The van der Waals surface area contributed by atoms with Gasteiger partial charge in [-0.15, -0.1) is 11.3 Å². The van der Waals surface area contributed by atoms with Gasteiger partial charge in [0, 0.05) is 5.54 Å². The van der Waals surface area contributed by atoms with Crippen LogP contribution in [0.2, 0.25) is 0 Å². The Morgan fingerprint density at radius 1 is 1.22 bits per heavy atom. The summed E-state index contributed by atoms with van der Waals surface area (Å²) in [6.07, 6.45) is 0. The number of carbonyl (C=O) groups is 1. The quantitative estimate of drug-likeness (QED) is 0.748. The Morgan fingerprint density at radius 3 is 2.56 bits per heavy atom. The minimum absolute atomic E-state index is 0.218. The van der Waals surface area contributed by atoms with E-state index in [1.54, 1.807) is 18.4 Å². The number of hydrogen-bond donors (Lipinski definition) is 1. The molecule has 0 saturated carbocycles. The molecule has 1 N–H and O–H groups in total. The lowest BCUT2D eigenvalue weighted by Crippen LogP contribution is -2.46. The highest BCUT2D eigenvalue weighted by Gasteiger charge is 2.20. The van der Waals surface area contributed by atoms with Crippen LogP contribution in [0.1, 0.15) is 26.3 Å². The third kappa shape index (κ3) is 3.71. The van der Waals surface area contributed by atoms with Gasteiger partial charge < -0.3 is 5.32 Å². The van der Waals surface area contributed by atoms with E-state index in [2.05, 4.69) is 5.32 Å². The average molecular weight is 389 g/mol. The van der Waals surface area contributed by atoms with Crippen LogP contribution in [0.15, 0.2) is 39.2 Å². The molecule has 6 nitrogen and oxygen atoms in total. The summed E-state index contributed by atoms with van der Waals surface area (Å²) >= 11 is 1.20. The monoisotopic (exact) mass is 389 g/mol. The van der Waals surface area contributed by atoms with E-state index < -0.39 is 22.6 Å². The maximum absolute atomic E-state index is 13.5. The van der Waals surface area contributed by atoms with Gasteiger partial charge in [-0.25, -0.2) is 13.8 Å². The van der Waals surface area contributed by atoms with E-state index in [0.29, 0.717) is 21.5 Å². The molecule has 0 saturated heterocycles. The molecule has 0 radical (unpaired) electrons. The normalized spacial score (nSPS) is 11.7. The van der Waals surface area contributed by atoms with E-state index in [-0.39, 0.29) is 12.5 Å². The first-order valence-electron chi connectivity index (χ1n) is 8.39. The van der Waals surface area contributed by atoms with Crippen LogP contribution in [-0.4, -0.2) is 20.6 Å². The molecule has 0 aliphatic heterocycles. The van der Waals surface area contributed by atoms with Crippen LogP contribution in [0.4, 0.5) is 4.39 Å². The summed E-state index contributed by atoms with van der Waals surface area (Å²) in [7, 11) is 0. The Hall–Kier alpha value is -2.74. The Labute approximate surface area is 158 Å². The van der Waals surface area contributed by atoms with Crippen molar-refractivity contribution in [3.05, 3.63) is 61.9 Å². The minimum Gasteiger partial charge on any atom is -0.350 e. The number of nitrogens with one attached hydrogen (secondary N) is 1. The maximum atomic E-state index is 13.5. The van der Waals surface area contributed by atoms with E-state index in [1.807, 2.05) is 20.8 Å². The summed E-state index contributed by atoms with van der Waals surface area (Å²) in [6.45, 7) is 6.94. The lowest BCUT2D eigenvalue weighted by molar-refractivity contribution is -0.123. The van der Waals surface area contributed by atoms with Gasteiger partial charge >= 0.3 is 5.69 Å². The molecule has 0 fully saturated rings. The second-order valence-electron chi connectivity index (χ2n) is 7.37. The predicted molar refractivity (Wildman–Crippen MR) is 104 cm³/mol. The van der Waals surface area contributed by atoms with Crippen molar-refractivity contribution in [1.82, 2.24) is 14.5 Å². The molecule has 1 aromatic carbocycles. The molecule has 0 aliphatic carbocycles. The van der Waals surface area contributed by atoms with Crippen molar-refractivity contribution >= 4 is 27.5 Å². The standard InChI is InChI=1S/C19H20FN3O3S/c1-11-9-12(20)5-6-13(11)23-17(25)16-14(7-8-27-16)22(18(23)26)10-15(24)21-19(2,3)4/h5-9H,10H2,1-4H3,(H,21,24). The number of hydrogen-bond acceptors (Lipinski definition) is 4. The zero-order valence-corrected chi connectivity index (χ0v) is 16.3. The first-order valence-corrected chi connectivity index (χ1v) is 9.27. The molecule has 1 amide bonds. The van der Waals surface area contributed by atoms with Crippen molar-refractivity contribution in [2.24, 2.45) is 0 Å². The van der Waals surface area contributed by atoms with Gasteiger partial charge in [0.25, 0.3) is 5.56 Å². The zero-order chi connectivity index (χ0) is 19.9. The fourth-order valence-electron chi connectivity index (χ4n) is 2.92. The van der Waals surface area contributed by atoms with Crippen molar-refractivity contribution in [2.75, 3.05) is 0 Å². The second kappa shape index (κ2) is 6.77. The number of halogens is 1. The van der Waals surface area contributed by atoms with Gasteiger partial charge in [0.2, 0.25) is 5.91 Å². The number of thiophene rings is 1. The number of carbonyl (C=O) groups excluding carboxylic acids is 1. The number of amides is 1. The molecular formula is C19H20FN3O3S. The molecule has 0 bridgehead atoms. The van der Waals surface area contributed by atoms with E-state index in [4.69, 9.17) is 0 Å². The molecule has 8 heteroatoms. The third-order valence-corrected chi connectivity index (χ3v) is 4.86. The van der Waals surface area contributed by atoms with Crippen LogP contribution >= 0.6 is 11.3 Å². The highest BCUT2D eigenvalue weighted by molar-refractivity contribution is 7.17. The summed E-state index contributed by atoms with van der Waals surface area (Å²) in [4.78, 5) is 38.4. The van der Waals surface area contributed by atoms with Crippen molar-refractivity contribution in [2.45, 2.75) is 39.8 Å². The molecule has 0 aliphatic rings. The van der Waals surface area contributed by atoms with Crippen LogP contribution in [0.3, 0.4) is 0 Å². The first kappa shape index (κ1) is 19.0. The third-order valence-electron chi connectivity index (χ3n) is 3.97. The topological polar surface area (TPSA) is 73.1 Å². The van der Waals surface area contributed by atoms with Crippen molar-refractivity contribution in [3.8, 4) is 5.69 Å². The van der Waals surface area contributed by atoms with Gasteiger partial charge in [-0.3, -0.25) is 14.2 Å². The molecule has 0 spiro atoms. The van der Waals surface area contributed by atoms with Crippen LogP contribution in [0, 0.1) is 12.7 Å². The van der Waals surface area contributed by atoms with Gasteiger partial charge in [0.05, 0.1) is 11.2 Å². The van der Waals surface area contributed by atoms with Gasteiger partial charge in [-0.05, 0) is 62.9 Å².